The fraction of sp³-hybridized carbons (Fsp3) is 0.789. The van der Waals surface area contributed by atoms with Crippen molar-refractivity contribution in [3.8, 4) is 0 Å². The highest BCUT2D eigenvalue weighted by molar-refractivity contribution is 7.11. The zero-order valence-corrected chi connectivity index (χ0v) is 31.3. The van der Waals surface area contributed by atoms with Crippen molar-refractivity contribution in [2.45, 2.75) is 130 Å². The molecule has 5 atom stereocenters. The summed E-state index contributed by atoms with van der Waals surface area (Å²) in [5.41, 5.74) is 8.82. The average Bonchev–Trinajstić information content (AvgIpc) is 3.32. The van der Waals surface area contributed by atoms with Crippen molar-refractivity contribution in [3.63, 3.8) is 0 Å². The number of nitrogens with zero attached hydrogens (tertiary/aromatic N) is 2. The fourth-order valence-corrected chi connectivity index (χ4v) is 11.5. The Labute approximate surface area is 296 Å². The second-order valence-electron chi connectivity index (χ2n) is 17.7. The number of carbonyl (C=O) groups is 3. The third-order valence-electron chi connectivity index (χ3n) is 14.1. The van der Waals surface area contributed by atoms with E-state index in [2.05, 4.69) is 62.4 Å². The fourth-order valence-electron chi connectivity index (χ4n) is 10.4. The van der Waals surface area contributed by atoms with E-state index in [1.54, 1.807) is 11.3 Å². The standard InChI is InChI=1S/C38H58N6O4S/c1-22-26(42-34(49-22)23-10-14-40-15-11-23)17-30(45)43-29(35(2,3)4)19-48-21-44-20-38(36(5,6)37(38)12-7-13-37)18-28(44)33(47)41-27-16-24-8-9-25(24)31(39)32(27)46/h23-24,27-29,40H,7-21,39H2,1-6H3,(H,41,47)(H,43,45)/t24?,27?,28-,29-,38?/m0/s1. The molecular formula is C38H58N6O4S. The number of aromatic nitrogens is 1. The van der Waals surface area contributed by atoms with E-state index in [0.717, 1.165) is 72.9 Å². The first-order valence-corrected chi connectivity index (χ1v) is 19.6. The van der Waals surface area contributed by atoms with Crippen LogP contribution in [0.5, 0.6) is 0 Å². The number of amides is 2. The average molecular weight is 695 g/mol. The zero-order chi connectivity index (χ0) is 34.9. The topological polar surface area (TPSA) is 139 Å². The summed E-state index contributed by atoms with van der Waals surface area (Å²) in [6.45, 7) is 16.7. The summed E-state index contributed by atoms with van der Waals surface area (Å²) in [7, 11) is 0. The van der Waals surface area contributed by atoms with Crippen LogP contribution in [0.3, 0.4) is 0 Å². The number of nitrogens with one attached hydrogen (secondary N) is 3. The van der Waals surface area contributed by atoms with Crippen LogP contribution in [0.15, 0.2) is 11.3 Å². The maximum absolute atomic E-state index is 14.0. The largest absolute Gasteiger partial charge is 0.396 e. The molecule has 2 spiro atoms. The summed E-state index contributed by atoms with van der Waals surface area (Å²) in [4.78, 5) is 48.8. The van der Waals surface area contributed by atoms with Gasteiger partial charge in [-0.3, -0.25) is 19.3 Å². The first kappa shape index (κ1) is 35.1. The molecule has 3 saturated carbocycles. The number of hydrogen-bond acceptors (Lipinski definition) is 9. The van der Waals surface area contributed by atoms with Gasteiger partial charge in [-0.2, -0.15) is 0 Å². The molecule has 2 saturated heterocycles. The summed E-state index contributed by atoms with van der Waals surface area (Å²) in [5.74, 6) is 0.532. The predicted octanol–water partition coefficient (Wildman–Crippen LogP) is 4.32. The van der Waals surface area contributed by atoms with Crippen LogP contribution in [0.4, 0.5) is 0 Å². The van der Waals surface area contributed by atoms with Gasteiger partial charge in [-0.05, 0) is 105 Å². The molecule has 10 nitrogen and oxygen atoms in total. The highest BCUT2D eigenvalue weighted by Gasteiger charge is 2.84. The van der Waals surface area contributed by atoms with Crippen molar-refractivity contribution in [1.29, 1.82) is 0 Å². The number of ether oxygens (including phenoxy) is 1. The van der Waals surface area contributed by atoms with Crippen LogP contribution in [0.25, 0.3) is 0 Å². The van der Waals surface area contributed by atoms with Crippen molar-refractivity contribution in [2.75, 3.05) is 33.0 Å². The highest BCUT2D eigenvalue weighted by Crippen LogP contribution is 2.88. The molecule has 2 amide bonds. The Hall–Kier alpha value is -2.34. The van der Waals surface area contributed by atoms with Gasteiger partial charge in [-0.1, -0.05) is 41.0 Å². The maximum atomic E-state index is 14.0. The number of rotatable bonds is 10. The van der Waals surface area contributed by atoms with Gasteiger partial charge in [0, 0.05) is 17.3 Å². The van der Waals surface area contributed by atoms with E-state index < -0.39 is 6.04 Å². The van der Waals surface area contributed by atoms with Gasteiger partial charge in [-0.15, -0.1) is 11.3 Å². The van der Waals surface area contributed by atoms with Crippen molar-refractivity contribution in [1.82, 2.24) is 25.8 Å². The third kappa shape index (κ3) is 5.88. The Bertz CT molecular complexity index is 1520. The van der Waals surface area contributed by atoms with E-state index in [0.29, 0.717) is 37.3 Å². The molecule has 7 rings (SSSR count). The Morgan fingerprint density at radius 1 is 1.14 bits per heavy atom. The quantitative estimate of drug-likeness (QED) is 0.284. The second kappa shape index (κ2) is 12.7. The van der Waals surface area contributed by atoms with Gasteiger partial charge < -0.3 is 26.4 Å². The third-order valence-corrected chi connectivity index (χ3v) is 15.3. The van der Waals surface area contributed by atoms with Crippen LogP contribution in [0.1, 0.15) is 114 Å². The van der Waals surface area contributed by atoms with Crippen molar-refractivity contribution < 1.29 is 19.1 Å². The number of thiazole rings is 1. The van der Waals surface area contributed by atoms with E-state index in [1.165, 1.54) is 19.3 Å². The molecule has 5 N–H and O–H groups in total. The number of ketones is 1. The maximum Gasteiger partial charge on any atom is 0.238 e. The minimum Gasteiger partial charge on any atom is -0.396 e. The van der Waals surface area contributed by atoms with Crippen LogP contribution in [-0.2, 0) is 25.5 Å². The molecule has 11 heteroatoms. The molecule has 0 bridgehead atoms. The minimum absolute atomic E-state index is 0.0436. The summed E-state index contributed by atoms with van der Waals surface area (Å²) in [5, 5.41) is 11.0. The molecule has 0 radical (unpaired) electrons. The molecule has 1 aromatic heterocycles. The number of Topliss-reactive ketones (excluding diaryl/α,β-unsaturated/α-hetero) is 1. The van der Waals surface area contributed by atoms with E-state index in [4.69, 9.17) is 15.5 Å². The van der Waals surface area contributed by atoms with Crippen molar-refractivity contribution in [2.24, 2.45) is 33.3 Å². The first-order chi connectivity index (χ1) is 23.2. The summed E-state index contributed by atoms with van der Waals surface area (Å²) in [6, 6.07) is -1.14. The highest BCUT2D eigenvalue weighted by atomic mass is 32.1. The smallest absolute Gasteiger partial charge is 0.238 e. The lowest BCUT2D eigenvalue weighted by Gasteiger charge is -2.39. The Kier molecular flexibility index (Phi) is 9.10. The van der Waals surface area contributed by atoms with Gasteiger partial charge in [0.2, 0.25) is 17.6 Å². The molecule has 3 unspecified atom stereocenters. The number of fused-ring (bicyclic) bond motifs is 2. The van der Waals surface area contributed by atoms with Gasteiger partial charge >= 0.3 is 0 Å². The first-order valence-electron chi connectivity index (χ1n) is 18.8. The number of allylic oxidation sites excluding steroid dienone is 1. The van der Waals surface area contributed by atoms with E-state index in [1.807, 2.05) is 0 Å². The van der Waals surface area contributed by atoms with Gasteiger partial charge in [0.1, 0.15) is 0 Å². The van der Waals surface area contributed by atoms with E-state index >= 15 is 0 Å². The lowest BCUT2D eigenvalue weighted by atomic mass is 9.69. The number of aryl methyl sites for hydroxylation is 1. The molecule has 0 aromatic carbocycles. The number of likely N-dealkylation sites (tertiary alicyclic amines) is 1. The molecule has 6 aliphatic rings. The van der Waals surface area contributed by atoms with Crippen LogP contribution < -0.4 is 21.7 Å². The molecule has 1 aromatic rings. The minimum atomic E-state index is -0.552. The number of piperidine rings is 1. The summed E-state index contributed by atoms with van der Waals surface area (Å²) < 4.78 is 6.44. The van der Waals surface area contributed by atoms with Gasteiger partial charge in [-0.25, -0.2) is 4.98 Å². The molecule has 3 heterocycles. The number of carbonyl (C=O) groups excluding carboxylic acids is 3. The monoisotopic (exact) mass is 694 g/mol. The lowest BCUT2D eigenvalue weighted by Crippen LogP contribution is -2.54. The normalized spacial score (nSPS) is 31.3. The number of nitrogens with two attached hydrogens (primary N) is 1. The number of hydrogen-bond donors (Lipinski definition) is 4. The van der Waals surface area contributed by atoms with E-state index in [9.17, 15) is 14.4 Å². The lowest BCUT2D eigenvalue weighted by molar-refractivity contribution is -0.132. The van der Waals surface area contributed by atoms with Gasteiger partial charge in [0.15, 0.2) is 0 Å². The molecule has 2 aliphatic heterocycles. The Balaban J connectivity index is 0.998. The summed E-state index contributed by atoms with van der Waals surface area (Å²) >= 11 is 1.73. The predicted molar refractivity (Wildman–Crippen MR) is 191 cm³/mol. The Morgan fingerprint density at radius 2 is 1.88 bits per heavy atom. The van der Waals surface area contributed by atoms with Crippen LogP contribution >= 0.6 is 11.3 Å². The van der Waals surface area contributed by atoms with Crippen molar-refractivity contribution in [3.05, 3.63) is 26.8 Å². The molecule has 49 heavy (non-hydrogen) atoms. The van der Waals surface area contributed by atoms with Crippen molar-refractivity contribution >= 4 is 28.9 Å². The summed E-state index contributed by atoms with van der Waals surface area (Å²) in [6.07, 6.45) is 9.48. The second-order valence-corrected chi connectivity index (χ2v) is 18.9. The van der Waals surface area contributed by atoms with Crippen LogP contribution in [0, 0.1) is 34.5 Å². The Morgan fingerprint density at radius 3 is 2.49 bits per heavy atom. The molecule has 5 fully saturated rings. The van der Waals surface area contributed by atoms with Gasteiger partial charge in [0.05, 0.1) is 54.3 Å². The van der Waals surface area contributed by atoms with Gasteiger partial charge in [0.25, 0.3) is 0 Å². The van der Waals surface area contributed by atoms with Crippen LogP contribution in [0.2, 0.25) is 0 Å². The zero-order valence-electron chi connectivity index (χ0n) is 30.5. The van der Waals surface area contributed by atoms with E-state index in [-0.39, 0.29) is 57.8 Å². The molecular weight excluding hydrogens is 637 g/mol. The van der Waals surface area contributed by atoms with Crippen LogP contribution in [-0.4, -0.2) is 78.6 Å². The SMILES string of the molecule is Cc1sc(C2CCNCC2)nc1CC(=O)N[C@@H](COCN1CC2(C[C@H]1C(=O)NC1CC3CCC3=C(N)C1=O)C(C)(C)C21CCC1)C(C)(C)C. The molecule has 4 aliphatic carbocycles. The molecule has 270 valence electrons.